The van der Waals surface area contributed by atoms with Crippen LogP contribution in [0.5, 0.6) is 0 Å². The predicted molar refractivity (Wildman–Crippen MR) is 80.7 cm³/mol. The molecule has 0 saturated carbocycles. The molecule has 114 valence electrons. The van der Waals surface area contributed by atoms with Gasteiger partial charge >= 0.3 is 0 Å². The van der Waals surface area contributed by atoms with E-state index in [2.05, 4.69) is 37.2 Å². The molecule has 1 fully saturated rings. The molecule has 1 aliphatic rings. The molecule has 1 aromatic heterocycles. The number of aryl methyl sites for hydroxylation is 1. The maximum Gasteiger partial charge on any atom is 0.120 e. The molecule has 20 heavy (non-hydrogen) atoms. The van der Waals surface area contributed by atoms with Crippen molar-refractivity contribution in [1.29, 1.82) is 0 Å². The molecule has 0 aliphatic carbocycles. The molecule has 1 saturated heterocycles. The monoisotopic (exact) mass is 280 g/mol. The zero-order valence-corrected chi connectivity index (χ0v) is 13.1. The van der Waals surface area contributed by atoms with E-state index >= 15 is 0 Å². The van der Waals surface area contributed by atoms with Gasteiger partial charge in [0.25, 0.3) is 0 Å². The van der Waals surface area contributed by atoms with Gasteiger partial charge in [0.15, 0.2) is 0 Å². The topological polar surface area (TPSA) is 37.6 Å². The van der Waals surface area contributed by atoms with Crippen molar-refractivity contribution < 1.29 is 9.15 Å². The van der Waals surface area contributed by atoms with Crippen LogP contribution in [-0.2, 0) is 17.8 Å². The third-order valence-corrected chi connectivity index (χ3v) is 3.86. The molecule has 0 spiro atoms. The van der Waals surface area contributed by atoms with Crippen molar-refractivity contribution in [3.05, 3.63) is 23.2 Å². The van der Waals surface area contributed by atoms with E-state index in [1.165, 1.54) is 18.4 Å². The molecule has 2 rings (SSSR count). The Kier molecular flexibility index (Phi) is 6.07. The molecule has 0 radical (unpaired) electrons. The fourth-order valence-corrected chi connectivity index (χ4v) is 2.80. The molecule has 1 aromatic rings. The van der Waals surface area contributed by atoms with Crippen LogP contribution in [0.4, 0.5) is 0 Å². The highest BCUT2D eigenvalue weighted by atomic mass is 16.5. The largest absolute Gasteiger partial charge is 0.463 e. The quantitative estimate of drug-likeness (QED) is 0.833. The van der Waals surface area contributed by atoms with Crippen LogP contribution in [0.15, 0.2) is 10.5 Å². The Balaban J connectivity index is 1.82. The highest BCUT2D eigenvalue weighted by Gasteiger charge is 2.17. The lowest BCUT2D eigenvalue weighted by molar-refractivity contribution is 0.0403. The van der Waals surface area contributed by atoms with Gasteiger partial charge in [-0.25, -0.2) is 0 Å². The smallest absolute Gasteiger partial charge is 0.120 e. The SMILES string of the molecule is CCNCc1oc(CN(C)CC2CCCOC2)cc1C. The highest BCUT2D eigenvalue weighted by molar-refractivity contribution is 5.20. The van der Waals surface area contributed by atoms with E-state index in [1.54, 1.807) is 0 Å². The second kappa shape index (κ2) is 7.81. The number of hydrogen-bond donors (Lipinski definition) is 1. The van der Waals surface area contributed by atoms with Crippen LogP contribution in [0.2, 0.25) is 0 Å². The van der Waals surface area contributed by atoms with E-state index in [0.717, 1.165) is 50.9 Å². The van der Waals surface area contributed by atoms with E-state index in [0.29, 0.717) is 5.92 Å². The summed E-state index contributed by atoms with van der Waals surface area (Å²) in [7, 11) is 2.16. The van der Waals surface area contributed by atoms with Gasteiger partial charge in [-0.3, -0.25) is 4.90 Å². The Morgan fingerprint density at radius 3 is 3.00 bits per heavy atom. The summed E-state index contributed by atoms with van der Waals surface area (Å²) < 4.78 is 11.5. The molecule has 4 heteroatoms. The summed E-state index contributed by atoms with van der Waals surface area (Å²) in [5.41, 5.74) is 1.25. The van der Waals surface area contributed by atoms with Gasteiger partial charge in [0.1, 0.15) is 11.5 Å². The van der Waals surface area contributed by atoms with Crippen molar-refractivity contribution in [3.63, 3.8) is 0 Å². The van der Waals surface area contributed by atoms with E-state index in [4.69, 9.17) is 9.15 Å². The van der Waals surface area contributed by atoms with Crippen LogP contribution >= 0.6 is 0 Å². The van der Waals surface area contributed by atoms with Crippen LogP contribution in [0.25, 0.3) is 0 Å². The third kappa shape index (κ3) is 4.62. The third-order valence-electron chi connectivity index (χ3n) is 3.86. The Morgan fingerprint density at radius 1 is 1.45 bits per heavy atom. The average Bonchev–Trinajstić information content (AvgIpc) is 2.77. The summed E-state index contributed by atoms with van der Waals surface area (Å²) in [5, 5.41) is 3.31. The van der Waals surface area contributed by atoms with Gasteiger partial charge in [-0.15, -0.1) is 0 Å². The Morgan fingerprint density at radius 2 is 2.30 bits per heavy atom. The number of ether oxygens (including phenoxy) is 1. The first kappa shape index (κ1) is 15.5. The number of nitrogens with one attached hydrogen (secondary N) is 1. The second-order valence-corrected chi connectivity index (χ2v) is 5.88. The zero-order chi connectivity index (χ0) is 14.4. The lowest BCUT2D eigenvalue weighted by Gasteiger charge is -2.26. The minimum absolute atomic E-state index is 0.672. The molecule has 1 atom stereocenters. The Bertz CT molecular complexity index is 397. The van der Waals surface area contributed by atoms with Gasteiger partial charge in [0, 0.05) is 13.2 Å². The minimum Gasteiger partial charge on any atom is -0.463 e. The van der Waals surface area contributed by atoms with Gasteiger partial charge in [-0.05, 0) is 50.9 Å². The molecular weight excluding hydrogens is 252 g/mol. The van der Waals surface area contributed by atoms with Gasteiger partial charge in [0.05, 0.1) is 19.7 Å². The molecule has 1 N–H and O–H groups in total. The Labute approximate surface area is 122 Å². The molecule has 0 aromatic carbocycles. The summed E-state index contributed by atoms with van der Waals surface area (Å²) >= 11 is 0. The number of furan rings is 1. The van der Waals surface area contributed by atoms with Gasteiger partial charge < -0.3 is 14.5 Å². The number of hydrogen-bond acceptors (Lipinski definition) is 4. The molecular formula is C16H28N2O2. The summed E-state index contributed by atoms with van der Waals surface area (Å²) in [5.74, 6) is 2.80. The summed E-state index contributed by atoms with van der Waals surface area (Å²) in [6, 6.07) is 2.17. The zero-order valence-electron chi connectivity index (χ0n) is 13.1. The molecule has 0 amide bonds. The summed E-state index contributed by atoms with van der Waals surface area (Å²) in [6.07, 6.45) is 2.48. The van der Waals surface area contributed by atoms with Crippen molar-refractivity contribution in [3.8, 4) is 0 Å². The van der Waals surface area contributed by atoms with E-state index in [-0.39, 0.29) is 0 Å². The lowest BCUT2D eigenvalue weighted by Crippen LogP contribution is -2.30. The fourth-order valence-electron chi connectivity index (χ4n) is 2.80. The van der Waals surface area contributed by atoms with Gasteiger partial charge in [-0.1, -0.05) is 6.92 Å². The van der Waals surface area contributed by atoms with Crippen molar-refractivity contribution in [2.24, 2.45) is 5.92 Å². The summed E-state index contributed by atoms with van der Waals surface area (Å²) in [6.45, 7) is 9.83. The Hall–Kier alpha value is -0.840. The highest BCUT2D eigenvalue weighted by Crippen LogP contribution is 2.18. The van der Waals surface area contributed by atoms with E-state index in [1.807, 2.05) is 0 Å². The first-order chi connectivity index (χ1) is 9.69. The van der Waals surface area contributed by atoms with Crippen LogP contribution < -0.4 is 5.32 Å². The standard InChI is InChI=1S/C16H28N2O2/c1-4-17-9-16-13(2)8-15(20-16)11-18(3)10-14-6-5-7-19-12-14/h8,14,17H,4-7,9-12H2,1-3H3. The predicted octanol–water partition coefficient (Wildman–Crippen LogP) is 2.56. The maximum absolute atomic E-state index is 5.94. The summed E-state index contributed by atoms with van der Waals surface area (Å²) in [4.78, 5) is 2.34. The number of nitrogens with zero attached hydrogens (tertiary/aromatic N) is 1. The van der Waals surface area contributed by atoms with Crippen LogP contribution in [0, 0.1) is 12.8 Å². The van der Waals surface area contributed by atoms with Crippen LogP contribution in [0.1, 0.15) is 36.8 Å². The minimum atomic E-state index is 0.672. The van der Waals surface area contributed by atoms with Crippen molar-refractivity contribution >= 4 is 0 Å². The van der Waals surface area contributed by atoms with Gasteiger partial charge in [-0.2, -0.15) is 0 Å². The van der Waals surface area contributed by atoms with E-state index < -0.39 is 0 Å². The first-order valence-corrected chi connectivity index (χ1v) is 7.74. The molecule has 1 aliphatic heterocycles. The van der Waals surface area contributed by atoms with Crippen molar-refractivity contribution in [2.45, 2.75) is 39.8 Å². The average molecular weight is 280 g/mol. The van der Waals surface area contributed by atoms with Crippen LogP contribution in [0.3, 0.4) is 0 Å². The normalized spacial score (nSPS) is 19.7. The van der Waals surface area contributed by atoms with Crippen molar-refractivity contribution in [2.75, 3.05) is 33.4 Å². The number of rotatable bonds is 7. The molecule has 4 nitrogen and oxygen atoms in total. The fraction of sp³-hybridized carbons (Fsp3) is 0.750. The van der Waals surface area contributed by atoms with Gasteiger partial charge in [0.2, 0.25) is 0 Å². The molecule has 1 unspecified atom stereocenters. The molecule has 2 heterocycles. The maximum atomic E-state index is 5.94. The van der Waals surface area contributed by atoms with Crippen LogP contribution in [-0.4, -0.2) is 38.3 Å². The second-order valence-electron chi connectivity index (χ2n) is 5.88. The lowest BCUT2D eigenvalue weighted by atomic mass is 10.0. The van der Waals surface area contributed by atoms with Crippen molar-refractivity contribution in [1.82, 2.24) is 10.2 Å². The molecule has 0 bridgehead atoms. The first-order valence-electron chi connectivity index (χ1n) is 7.74. The van der Waals surface area contributed by atoms with E-state index in [9.17, 15) is 0 Å².